The van der Waals surface area contributed by atoms with E-state index in [1.807, 2.05) is 78.9 Å². The van der Waals surface area contributed by atoms with Gasteiger partial charge in [0, 0.05) is 22.3 Å². The molecule has 3 rings (SSSR count). The molecule has 1 heteroatoms. The molecule has 1 nitrogen and oxygen atoms in total. The zero-order valence-electron chi connectivity index (χ0n) is 14.4. The van der Waals surface area contributed by atoms with Crippen molar-refractivity contribution in [3.05, 3.63) is 101 Å². The Morgan fingerprint density at radius 3 is 1.42 bits per heavy atom. The second kappa shape index (κ2) is 8.84. The van der Waals surface area contributed by atoms with Crippen LogP contribution in [0.5, 0.6) is 5.75 Å². The van der Waals surface area contributed by atoms with Crippen LogP contribution in [0.3, 0.4) is 0 Å². The third-order valence-electron chi connectivity index (χ3n) is 3.58. The van der Waals surface area contributed by atoms with Crippen molar-refractivity contribution in [2.45, 2.75) is 0 Å². The first-order valence-electron chi connectivity index (χ1n) is 8.17. The van der Waals surface area contributed by atoms with E-state index >= 15 is 0 Å². The maximum Gasteiger partial charge on any atom is 0.118 e. The average Bonchev–Trinajstić information content (AvgIpc) is 2.72. The fourth-order valence-corrected chi connectivity index (χ4v) is 2.18. The SMILES string of the molecule is COc1ccc(C#CC#Cc2ccc(C#Cc3ccccc3)cc2)cc1. The van der Waals surface area contributed by atoms with E-state index in [0.717, 1.165) is 28.0 Å². The van der Waals surface area contributed by atoms with Crippen molar-refractivity contribution in [3.63, 3.8) is 0 Å². The molecule has 0 aliphatic heterocycles. The van der Waals surface area contributed by atoms with Gasteiger partial charge in [0.05, 0.1) is 7.11 Å². The minimum absolute atomic E-state index is 0.817. The van der Waals surface area contributed by atoms with Gasteiger partial charge in [-0.2, -0.15) is 0 Å². The Hall–Kier alpha value is -3.86. The van der Waals surface area contributed by atoms with E-state index in [1.54, 1.807) is 7.11 Å². The lowest BCUT2D eigenvalue weighted by molar-refractivity contribution is 0.415. The molecular formula is C25H16O. The molecule has 0 amide bonds. The first-order chi connectivity index (χ1) is 12.8. The second-order valence-electron chi connectivity index (χ2n) is 5.42. The second-order valence-corrected chi connectivity index (χ2v) is 5.42. The van der Waals surface area contributed by atoms with E-state index in [9.17, 15) is 0 Å². The van der Waals surface area contributed by atoms with Crippen molar-refractivity contribution in [3.8, 4) is 41.3 Å². The highest BCUT2D eigenvalue weighted by atomic mass is 16.5. The summed E-state index contributed by atoms with van der Waals surface area (Å²) in [7, 11) is 1.64. The number of methoxy groups -OCH3 is 1. The molecule has 122 valence electrons. The maximum atomic E-state index is 5.12. The lowest BCUT2D eigenvalue weighted by atomic mass is 10.1. The van der Waals surface area contributed by atoms with Gasteiger partial charge < -0.3 is 4.74 Å². The van der Waals surface area contributed by atoms with Crippen molar-refractivity contribution in [2.75, 3.05) is 7.11 Å². The van der Waals surface area contributed by atoms with E-state index in [-0.39, 0.29) is 0 Å². The summed E-state index contributed by atoms with van der Waals surface area (Å²) in [5, 5.41) is 0. The molecule has 0 radical (unpaired) electrons. The van der Waals surface area contributed by atoms with Crippen LogP contribution in [0.25, 0.3) is 0 Å². The quantitative estimate of drug-likeness (QED) is 0.596. The highest BCUT2D eigenvalue weighted by Crippen LogP contribution is 2.10. The van der Waals surface area contributed by atoms with Gasteiger partial charge in [-0.25, -0.2) is 0 Å². The standard InChI is InChI=1S/C25H16O/c1-26-25-19-17-23(18-20-25)10-6-5-9-22-12-15-24(16-13-22)14-11-21-7-3-2-4-8-21/h2-4,7-8,12-13,15-20H,1H3. The maximum absolute atomic E-state index is 5.12. The molecule has 0 spiro atoms. The Kier molecular flexibility index (Phi) is 5.77. The smallest absolute Gasteiger partial charge is 0.118 e. The summed E-state index contributed by atoms with van der Waals surface area (Å²) in [6, 6.07) is 25.4. The Morgan fingerprint density at radius 1 is 0.500 bits per heavy atom. The van der Waals surface area contributed by atoms with Crippen molar-refractivity contribution in [2.24, 2.45) is 0 Å². The lowest BCUT2D eigenvalue weighted by Crippen LogP contribution is -1.81. The van der Waals surface area contributed by atoms with Gasteiger partial charge in [0.2, 0.25) is 0 Å². The first-order valence-corrected chi connectivity index (χ1v) is 8.17. The first kappa shape index (κ1) is 17.0. The average molecular weight is 332 g/mol. The van der Waals surface area contributed by atoms with Gasteiger partial charge in [-0.1, -0.05) is 41.9 Å². The molecule has 0 atom stereocenters. The topological polar surface area (TPSA) is 9.23 Å². The largest absolute Gasteiger partial charge is 0.497 e. The molecule has 0 unspecified atom stereocenters. The minimum atomic E-state index is 0.817. The molecule has 3 aromatic rings. The number of ether oxygens (including phenoxy) is 1. The Balaban J connectivity index is 1.64. The molecule has 26 heavy (non-hydrogen) atoms. The molecule has 0 N–H and O–H groups in total. The molecular weight excluding hydrogens is 316 g/mol. The van der Waals surface area contributed by atoms with Crippen molar-refractivity contribution in [1.29, 1.82) is 0 Å². The summed E-state index contributed by atoms with van der Waals surface area (Å²) in [6.45, 7) is 0. The fourth-order valence-electron chi connectivity index (χ4n) is 2.18. The summed E-state index contributed by atoms with van der Waals surface area (Å²) >= 11 is 0. The molecule has 0 saturated heterocycles. The molecule has 0 heterocycles. The monoisotopic (exact) mass is 332 g/mol. The minimum Gasteiger partial charge on any atom is -0.497 e. The van der Waals surface area contributed by atoms with Gasteiger partial charge in [-0.15, -0.1) is 0 Å². The third kappa shape index (κ3) is 5.07. The highest BCUT2D eigenvalue weighted by molar-refractivity contribution is 5.48. The van der Waals surface area contributed by atoms with E-state index in [1.165, 1.54) is 0 Å². The van der Waals surface area contributed by atoms with E-state index < -0.39 is 0 Å². The van der Waals surface area contributed by atoms with Crippen LogP contribution < -0.4 is 4.74 Å². The van der Waals surface area contributed by atoms with Gasteiger partial charge in [0.25, 0.3) is 0 Å². The predicted octanol–water partition coefficient (Wildman–Crippen LogP) is 4.50. The Bertz CT molecular complexity index is 1040. The molecule has 0 aliphatic carbocycles. The van der Waals surface area contributed by atoms with E-state index in [0.29, 0.717) is 0 Å². The molecule has 0 bridgehead atoms. The summed E-state index contributed by atoms with van der Waals surface area (Å²) in [5.41, 5.74) is 3.79. The fraction of sp³-hybridized carbons (Fsp3) is 0.0400. The Labute approximate surface area is 154 Å². The third-order valence-corrected chi connectivity index (χ3v) is 3.58. The normalized spacial score (nSPS) is 8.81. The summed E-state index contributed by atoms with van der Waals surface area (Å²) in [4.78, 5) is 0. The van der Waals surface area contributed by atoms with E-state index in [4.69, 9.17) is 4.74 Å². The van der Waals surface area contributed by atoms with Gasteiger partial charge in [-0.3, -0.25) is 0 Å². The van der Waals surface area contributed by atoms with Crippen LogP contribution in [0, 0.1) is 35.5 Å². The number of hydrogen-bond acceptors (Lipinski definition) is 1. The lowest BCUT2D eigenvalue weighted by Gasteiger charge is -1.96. The van der Waals surface area contributed by atoms with Gasteiger partial charge in [-0.05, 0) is 72.5 Å². The van der Waals surface area contributed by atoms with Crippen LogP contribution in [0.4, 0.5) is 0 Å². The van der Waals surface area contributed by atoms with Crippen LogP contribution in [-0.2, 0) is 0 Å². The van der Waals surface area contributed by atoms with Crippen LogP contribution in [0.1, 0.15) is 22.3 Å². The molecule has 0 fully saturated rings. The van der Waals surface area contributed by atoms with Crippen molar-refractivity contribution >= 4 is 0 Å². The molecule has 0 aliphatic rings. The van der Waals surface area contributed by atoms with E-state index in [2.05, 4.69) is 35.5 Å². The zero-order chi connectivity index (χ0) is 18.0. The van der Waals surface area contributed by atoms with Crippen LogP contribution in [0.15, 0.2) is 78.9 Å². The van der Waals surface area contributed by atoms with Crippen LogP contribution in [-0.4, -0.2) is 7.11 Å². The molecule has 0 saturated carbocycles. The Morgan fingerprint density at radius 2 is 0.923 bits per heavy atom. The van der Waals surface area contributed by atoms with Crippen LogP contribution in [0.2, 0.25) is 0 Å². The number of benzene rings is 3. The highest BCUT2D eigenvalue weighted by Gasteiger charge is 1.90. The summed E-state index contributed by atoms with van der Waals surface area (Å²) in [5.74, 6) is 18.9. The van der Waals surface area contributed by atoms with Crippen molar-refractivity contribution in [1.82, 2.24) is 0 Å². The number of rotatable bonds is 1. The number of hydrogen-bond donors (Lipinski definition) is 0. The zero-order valence-corrected chi connectivity index (χ0v) is 14.4. The predicted molar refractivity (Wildman–Crippen MR) is 106 cm³/mol. The molecule has 0 aromatic heterocycles. The molecule has 3 aromatic carbocycles. The van der Waals surface area contributed by atoms with Crippen LogP contribution >= 0.6 is 0 Å². The van der Waals surface area contributed by atoms with Gasteiger partial charge in [0.1, 0.15) is 5.75 Å². The van der Waals surface area contributed by atoms with Gasteiger partial charge in [0.15, 0.2) is 0 Å². The van der Waals surface area contributed by atoms with Gasteiger partial charge >= 0.3 is 0 Å². The summed E-state index contributed by atoms with van der Waals surface area (Å²) in [6.07, 6.45) is 0. The van der Waals surface area contributed by atoms with Crippen molar-refractivity contribution < 1.29 is 4.74 Å². The summed E-state index contributed by atoms with van der Waals surface area (Å²) < 4.78 is 5.12.